The molecule has 2 atom stereocenters. The molecule has 1 aliphatic heterocycles. The molecule has 2 N–H and O–H groups in total. The molecule has 2 unspecified atom stereocenters. The average molecular weight is 323 g/mol. The van der Waals surface area contributed by atoms with Crippen molar-refractivity contribution in [2.24, 2.45) is 5.92 Å². The molecule has 0 spiro atoms. The number of rotatable bonds is 6. The van der Waals surface area contributed by atoms with Crippen LogP contribution in [0.25, 0.3) is 0 Å². The molecule has 1 saturated heterocycles. The van der Waals surface area contributed by atoms with Crippen LogP contribution in [0.15, 0.2) is 18.5 Å². The summed E-state index contributed by atoms with van der Waals surface area (Å²) in [6, 6.07) is 2.01. The van der Waals surface area contributed by atoms with E-state index in [0.717, 1.165) is 26.1 Å². The Hall–Kier alpha value is -0.780. The Morgan fingerprint density at radius 2 is 2.35 bits per heavy atom. The summed E-state index contributed by atoms with van der Waals surface area (Å²) in [6.45, 7) is 4.90. The van der Waals surface area contributed by atoms with Crippen LogP contribution in [0.4, 0.5) is 0 Å². The van der Waals surface area contributed by atoms with Crippen molar-refractivity contribution in [3.05, 3.63) is 18.5 Å². The van der Waals surface area contributed by atoms with Gasteiger partial charge in [-0.05, 0) is 44.8 Å². The average Bonchev–Trinajstić information content (AvgIpc) is 2.98. The topological polar surface area (TPSA) is 59.0 Å². The second-order valence-corrected chi connectivity index (χ2v) is 5.09. The fourth-order valence-corrected chi connectivity index (χ4v) is 2.38. The zero-order valence-electron chi connectivity index (χ0n) is 11.7. The molecule has 0 radical (unpaired) electrons. The molecule has 116 valence electrons. The van der Waals surface area contributed by atoms with Gasteiger partial charge in [-0.25, -0.2) is 0 Å². The SMILES string of the molecule is CC(Cn1cccn1)NC(=O)CCC1CCNC1.Cl.Cl. The highest BCUT2D eigenvalue weighted by molar-refractivity contribution is 5.85. The summed E-state index contributed by atoms with van der Waals surface area (Å²) >= 11 is 0. The predicted octanol–water partition coefficient (Wildman–Crippen LogP) is 1.62. The zero-order chi connectivity index (χ0) is 12.8. The van der Waals surface area contributed by atoms with E-state index in [2.05, 4.69) is 15.7 Å². The first kappa shape index (κ1) is 19.2. The van der Waals surface area contributed by atoms with Gasteiger partial charge < -0.3 is 10.6 Å². The zero-order valence-corrected chi connectivity index (χ0v) is 13.4. The fourth-order valence-electron chi connectivity index (χ4n) is 2.38. The largest absolute Gasteiger partial charge is 0.352 e. The van der Waals surface area contributed by atoms with E-state index in [1.807, 2.05) is 23.9 Å². The standard InChI is InChI=1S/C13H22N4O.2ClH/c1-11(10-17-8-2-6-15-17)16-13(18)4-3-12-5-7-14-9-12;;/h2,6,8,11-12,14H,3-5,7,9-10H2,1H3,(H,16,18);2*1H. The highest BCUT2D eigenvalue weighted by Crippen LogP contribution is 2.13. The lowest BCUT2D eigenvalue weighted by atomic mass is 10.0. The summed E-state index contributed by atoms with van der Waals surface area (Å²) in [5.74, 6) is 0.832. The number of nitrogens with zero attached hydrogens (tertiary/aromatic N) is 2. The van der Waals surface area contributed by atoms with E-state index in [1.165, 1.54) is 6.42 Å². The van der Waals surface area contributed by atoms with Crippen LogP contribution in [0.3, 0.4) is 0 Å². The molecule has 0 aliphatic carbocycles. The summed E-state index contributed by atoms with van der Waals surface area (Å²) in [5.41, 5.74) is 0. The Labute approximate surface area is 132 Å². The van der Waals surface area contributed by atoms with E-state index < -0.39 is 0 Å². The second kappa shape index (κ2) is 10.0. The molecule has 1 aliphatic rings. The maximum atomic E-state index is 11.8. The number of halogens is 2. The van der Waals surface area contributed by atoms with Crippen molar-refractivity contribution in [2.45, 2.75) is 38.8 Å². The van der Waals surface area contributed by atoms with Gasteiger partial charge in [-0.15, -0.1) is 24.8 Å². The van der Waals surface area contributed by atoms with Gasteiger partial charge in [-0.2, -0.15) is 5.10 Å². The molecule has 5 nitrogen and oxygen atoms in total. The molecule has 0 aromatic carbocycles. The molecule has 0 saturated carbocycles. The molecule has 1 amide bonds. The Bertz CT molecular complexity index is 366. The molecular formula is C13H24Cl2N4O. The minimum Gasteiger partial charge on any atom is -0.352 e. The molecule has 1 aromatic heterocycles. The number of hydrogen-bond donors (Lipinski definition) is 2. The predicted molar refractivity (Wildman–Crippen MR) is 84.5 cm³/mol. The molecule has 7 heteroatoms. The Morgan fingerprint density at radius 3 is 2.95 bits per heavy atom. The smallest absolute Gasteiger partial charge is 0.220 e. The third-order valence-corrected chi connectivity index (χ3v) is 3.37. The molecule has 2 heterocycles. The van der Waals surface area contributed by atoms with Gasteiger partial charge in [0.05, 0.1) is 6.54 Å². The van der Waals surface area contributed by atoms with E-state index in [1.54, 1.807) is 6.20 Å². The third kappa shape index (κ3) is 6.59. The van der Waals surface area contributed by atoms with Crippen molar-refractivity contribution in [3.63, 3.8) is 0 Å². The lowest BCUT2D eigenvalue weighted by molar-refractivity contribution is -0.122. The Kier molecular flexibility index (Phi) is 9.63. The van der Waals surface area contributed by atoms with Crippen molar-refractivity contribution in [3.8, 4) is 0 Å². The van der Waals surface area contributed by atoms with Crippen molar-refractivity contribution in [1.29, 1.82) is 0 Å². The van der Waals surface area contributed by atoms with Crippen molar-refractivity contribution >= 4 is 30.7 Å². The van der Waals surface area contributed by atoms with Crippen LogP contribution < -0.4 is 10.6 Å². The minimum atomic E-state index is 0. The molecule has 0 bridgehead atoms. The number of nitrogens with one attached hydrogen (secondary N) is 2. The van der Waals surface area contributed by atoms with Gasteiger partial charge in [0.15, 0.2) is 0 Å². The molecule has 2 rings (SSSR count). The van der Waals surface area contributed by atoms with E-state index in [4.69, 9.17) is 0 Å². The van der Waals surface area contributed by atoms with Crippen LogP contribution in [0.2, 0.25) is 0 Å². The summed E-state index contributed by atoms with van der Waals surface area (Å²) in [7, 11) is 0. The van der Waals surface area contributed by atoms with E-state index in [-0.39, 0.29) is 36.8 Å². The number of carbonyl (C=O) groups excluding carboxylic acids is 1. The van der Waals surface area contributed by atoms with Gasteiger partial charge in [0.1, 0.15) is 0 Å². The van der Waals surface area contributed by atoms with Gasteiger partial charge in [0.2, 0.25) is 5.91 Å². The molecular weight excluding hydrogens is 299 g/mol. The normalized spacial score (nSPS) is 18.8. The van der Waals surface area contributed by atoms with Gasteiger partial charge in [0.25, 0.3) is 0 Å². The van der Waals surface area contributed by atoms with E-state index in [0.29, 0.717) is 12.3 Å². The van der Waals surface area contributed by atoms with Crippen LogP contribution >= 0.6 is 24.8 Å². The van der Waals surface area contributed by atoms with Crippen molar-refractivity contribution in [1.82, 2.24) is 20.4 Å². The first-order valence-electron chi connectivity index (χ1n) is 6.71. The second-order valence-electron chi connectivity index (χ2n) is 5.09. The first-order valence-corrected chi connectivity index (χ1v) is 6.71. The number of carbonyl (C=O) groups is 1. The van der Waals surface area contributed by atoms with Crippen molar-refractivity contribution < 1.29 is 4.79 Å². The highest BCUT2D eigenvalue weighted by atomic mass is 35.5. The summed E-state index contributed by atoms with van der Waals surface area (Å²) in [5, 5.41) is 10.5. The number of hydrogen-bond acceptors (Lipinski definition) is 3. The Morgan fingerprint density at radius 1 is 1.55 bits per heavy atom. The summed E-state index contributed by atoms with van der Waals surface area (Å²) in [6.07, 6.45) is 6.49. The lowest BCUT2D eigenvalue weighted by Gasteiger charge is -2.15. The quantitative estimate of drug-likeness (QED) is 0.836. The minimum absolute atomic E-state index is 0. The molecule has 1 fully saturated rings. The third-order valence-electron chi connectivity index (χ3n) is 3.37. The fraction of sp³-hybridized carbons (Fsp3) is 0.692. The number of amides is 1. The maximum Gasteiger partial charge on any atom is 0.220 e. The number of aromatic nitrogens is 2. The van der Waals surface area contributed by atoms with E-state index in [9.17, 15) is 4.79 Å². The lowest BCUT2D eigenvalue weighted by Crippen LogP contribution is -2.35. The van der Waals surface area contributed by atoms with Gasteiger partial charge in [-0.1, -0.05) is 0 Å². The maximum absolute atomic E-state index is 11.8. The van der Waals surface area contributed by atoms with Gasteiger partial charge >= 0.3 is 0 Å². The van der Waals surface area contributed by atoms with Crippen LogP contribution in [-0.2, 0) is 11.3 Å². The summed E-state index contributed by atoms with van der Waals surface area (Å²) in [4.78, 5) is 11.8. The van der Waals surface area contributed by atoms with Crippen LogP contribution in [0.1, 0.15) is 26.2 Å². The molecule has 1 aromatic rings. The van der Waals surface area contributed by atoms with Crippen molar-refractivity contribution in [2.75, 3.05) is 13.1 Å². The highest BCUT2D eigenvalue weighted by Gasteiger charge is 2.16. The van der Waals surface area contributed by atoms with Gasteiger partial charge in [0, 0.05) is 24.9 Å². The van der Waals surface area contributed by atoms with Gasteiger partial charge in [-0.3, -0.25) is 9.48 Å². The Balaban J connectivity index is 0.00000180. The first-order chi connectivity index (χ1) is 8.74. The molecule has 20 heavy (non-hydrogen) atoms. The van der Waals surface area contributed by atoms with E-state index >= 15 is 0 Å². The van der Waals surface area contributed by atoms with Crippen LogP contribution in [0.5, 0.6) is 0 Å². The monoisotopic (exact) mass is 322 g/mol. The van der Waals surface area contributed by atoms with Crippen LogP contribution in [0, 0.1) is 5.92 Å². The van der Waals surface area contributed by atoms with Crippen LogP contribution in [-0.4, -0.2) is 34.8 Å². The summed E-state index contributed by atoms with van der Waals surface area (Å²) < 4.78 is 1.84.